The van der Waals surface area contributed by atoms with Gasteiger partial charge in [0.05, 0.1) is 11.9 Å². The van der Waals surface area contributed by atoms with Gasteiger partial charge in [0.25, 0.3) is 5.91 Å². The van der Waals surface area contributed by atoms with Gasteiger partial charge >= 0.3 is 0 Å². The highest BCUT2D eigenvalue weighted by atomic mass is 32.2. The van der Waals surface area contributed by atoms with Crippen LogP contribution < -0.4 is 14.9 Å². The van der Waals surface area contributed by atoms with Crippen molar-refractivity contribution in [3.8, 4) is 0 Å². The SMILES string of the molecule is CC(C)C(=O)Nc1cccc(CNC(=O)c2ccc3c(c2)CCN3S(C)(=O)=O)c1. The molecule has 8 heteroatoms. The number of hydrogen-bond acceptors (Lipinski definition) is 4. The summed E-state index contributed by atoms with van der Waals surface area (Å²) in [4.78, 5) is 24.4. The Morgan fingerprint density at radius 2 is 1.90 bits per heavy atom. The number of fused-ring (bicyclic) bond motifs is 1. The highest BCUT2D eigenvalue weighted by molar-refractivity contribution is 7.92. The molecule has 2 N–H and O–H groups in total. The Hall–Kier alpha value is -2.87. The summed E-state index contributed by atoms with van der Waals surface area (Å²) in [5.74, 6) is -0.411. The monoisotopic (exact) mass is 415 g/mol. The quantitative estimate of drug-likeness (QED) is 0.758. The van der Waals surface area contributed by atoms with Crippen molar-refractivity contribution < 1.29 is 18.0 Å². The van der Waals surface area contributed by atoms with E-state index in [9.17, 15) is 18.0 Å². The number of hydrogen-bond donors (Lipinski definition) is 2. The predicted octanol–water partition coefficient (Wildman–Crippen LogP) is 2.53. The molecule has 0 aliphatic carbocycles. The number of nitrogens with one attached hydrogen (secondary N) is 2. The predicted molar refractivity (Wildman–Crippen MR) is 113 cm³/mol. The van der Waals surface area contributed by atoms with Crippen LogP contribution in [0.5, 0.6) is 0 Å². The maximum atomic E-state index is 12.5. The fourth-order valence-electron chi connectivity index (χ4n) is 3.19. The van der Waals surface area contributed by atoms with E-state index in [0.29, 0.717) is 36.4 Å². The van der Waals surface area contributed by atoms with Crippen LogP contribution >= 0.6 is 0 Å². The first-order chi connectivity index (χ1) is 13.6. The van der Waals surface area contributed by atoms with Gasteiger partial charge in [-0.1, -0.05) is 26.0 Å². The molecule has 1 aliphatic heterocycles. The minimum atomic E-state index is -3.31. The number of nitrogens with zero attached hydrogens (tertiary/aromatic N) is 1. The van der Waals surface area contributed by atoms with Gasteiger partial charge in [0.2, 0.25) is 15.9 Å². The lowest BCUT2D eigenvalue weighted by molar-refractivity contribution is -0.118. The molecule has 0 saturated heterocycles. The van der Waals surface area contributed by atoms with Gasteiger partial charge in [-0.15, -0.1) is 0 Å². The Bertz CT molecular complexity index is 1050. The fourth-order valence-corrected chi connectivity index (χ4v) is 4.15. The third kappa shape index (κ3) is 4.95. The molecule has 3 rings (SSSR count). The lowest BCUT2D eigenvalue weighted by atomic mass is 10.1. The normalized spacial score (nSPS) is 13.3. The van der Waals surface area contributed by atoms with E-state index >= 15 is 0 Å². The lowest BCUT2D eigenvalue weighted by Gasteiger charge is -2.16. The molecule has 7 nitrogen and oxygen atoms in total. The van der Waals surface area contributed by atoms with E-state index in [1.807, 2.05) is 32.0 Å². The van der Waals surface area contributed by atoms with Gasteiger partial charge < -0.3 is 10.6 Å². The van der Waals surface area contributed by atoms with Crippen LogP contribution in [0.3, 0.4) is 0 Å². The summed E-state index contributed by atoms with van der Waals surface area (Å²) in [6, 6.07) is 12.4. The number of sulfonamides is 1. The Kier molecular flexibility index (Phi) is 5.93. The van der Waals surface area contributed by atoms with Crippen LogP contribution in [-0.4, -0.2) is 33.0 Å². The summed E-state index contributed by atoms with van der Waals surface area (Å²) in [5, 5.41) is 5.71. The van der Waals surface area contributed by atoms with Gasteiger partial charge in [0, 0.05) is 30.3 Å². The van der Waals surface area contributed by atoms with Crippen LogP contribution in [0.1, 0.15) is 35.3 Å². The van der Waals surface area contributed by atoms with Crippen molar-refractivity contribution in [2.75, 3.05) is 22.4 Å². The second-order valence-corrected chi connectivity index (χ2v) is 9.36. The summed E-state index contributed by atoms with van der Waals surface area (Å²) in [7, 11) is -3.31. The molecular formula is C21H25N3O4S. The molecule has 29 heavy (non-hydrogen) atoms. The van der Waals surface area contributed by atoms with Gasteiger partial charge in [0.1, 0.15) is 0 Å². The summed E-state index contributed by atoms with van der Waals surface area (Å²) in [6.45, 7) is 4.36. The Morgan fingerprint density at radius 1 is 1.14 bits per heavy atom. The average Bonchev–Trinajstić information content (AvgIpc) is 3.10. The molecule has 0 fully saturated rings. The minimum absolute atomic E-state index is 0.0625. The summed E-state index contributed by atoms with van der Waals surface area (Å²) in [5.41, 5.74) is 3.53. The smallest absolute Gasteiger partial charge is 0.251 e. The molecule has 0 saturated carbocycles. The van der Waals surface area contributed by atoms with Crippen LogP contribution in [0.25, 0.3) is 0 Å². The minimum Gasteiger partial charge on any atom is -0.348 e. The van der Waals surface area contributed by atoms with Crippen molar-refractivity contribution in [3.05, 3.63) is 59.2 Å². The molecule has 1 heterocycles. The Morgan fingerprint density at radius 3 is 2.59 bits per heavy atom. The van der Waals surface area contributed by atoms with Crippen molar-refractivity contribution in [1.82, 2.24) is 5.32 Å². The summed E-state index contributed by atoms with van der Waals surface area (Å²) < 4.78 is 25.0. The third-order valence-electron chi connectivity index (χ3n) is 4.77. The lowest BCUT2D eigenvalue weighted by Crippen LogP contribution is -2.27. The molecule has 0 spiro atoms. The van der Waals surface area contributed by atoms with Crippen LogP contribution in [0, 0.1) is 5.92 Å². The zero-order valence-electron chi connectivity index (χ0n) is 16.7. The van der Waals surface area contributed by atoms with Gasteiger partial charge in [-0.3, -0.25) is 13.9 Å². The molecule has 0 aromatic heterocycles. The van der Waals surface area contributed by atoms with E-state index in [0.717, 1.165) is 11.1 Å². The molecule has 2 amide bonds. The van der Waals surface area contributed by atoms with E-state index in [1.54, 1.807) is 24.3 Å². The van der Waals surface area contributed by atoms with Crippen molar-refractivity contribution in [2.24, 2.45) is 5.92 Å². The third-order valence-corrected chi connectivity index (χ3v) is 5.95. The molecule has 1 aliphatic rings. The number of amides is 2. The topological polar surface area (TPSA) is 95.6 Å². The van der Waals surface area contributed by atoms with E-state index in [1.165, 1.54) is 10.6 Å². The molecule has 2 aromatic carbocycles. The highest BCUT2D eigenvalue weighted by Crippen LogP contribution is 2.30. The van der Waals surface area contributed by atoms with Crippen molar-refractivity contribution in [2.45, 2.75) is 26.8 Å². The largest absolute Gasteiger partial charge is 0.348 e. The van der Waals surface area contributed by atoms with Crippen molar-refractivity contribution >= 4 is 33.2 Å². The second-order valence-electron chi connectivity index (χ2n) is 7.46. The summed E-state index contributed by atoms with van der Waals surface area (Å²) in [6.07, 6.45) is 1.77. The van der Waals surface area contributed by atoms with Crippen LogP contribution in [0.4, 0.5) is 11.4 Å². The van der Waals surface area contributed by atoms with Gasteiger partial charge in [0.15, 0.2) is 0 Å². The Labute approximate surface area is 171 Å². The van der Waals surface area contributed by atoms with E-state index in [4.69, 9.17) is 0 Å². The second kappa shape index (κ2) is 8.24. The first kappa shape index (κ1) is 20.9. The molecule has 2 aromatic rings. The first-order valence-corrected chi connectivity index (χ1v) is 11.3. The molecule has 154 valence electrons. The molecular weight excluding hydrogens is 390 g/mol. The zero-order chi connectivity index (χ0) is 21.2. The van der Waals surface area contributed by atoms with E-state index in [2.05, 4.69) is 10.6 Å². The molecule has 0 bridgehead atoms. The standard InChI is InChI=1S/C21H25N3O4S/c1-14(2)20(25)23-18-6-4-5-15(11-18)13-22-21(26)17-7-8-19-16(12-17)9-10-24(19)29(3,27)28/h4-8,11-12,14H,9-10,13H2,1-3H3,(H,22,26)(H,23,25). The van der Waals surface area contributed by atoms with Crippen molar-refractivity contribution in [1.29, 1.82) is 0 Å². The van der Waals surface area contributed by atoms with Gasteiger partial charge in [-0.2, -0.15) is 0 Å². The fraction of sp³-hybridized carbons (Fsp3) is 0.333. The molecule has 0 radical (unpaired) electrons. The molecule has 0 unspecified atom stereocenters. The van der Waals surface area contributed by atoms with E-state index < -0.39 is 10.0 Å². The molecule has 0 atom stereocenters. The number of carbonyl (C=O) groups is 2. The van der Waals surface area contributed by atoms with E-state index in [-0.39, 0.29) is 17.7 Å². The average molecular weight is 416 g/mol. The number of benzene rings is 2. The van der Waals surface area contributed by atoms with Crippen LogP contribution in [-0.2, 0) is 27.8 Å². The first-order valence-electron chi connectivity index (χ1n) is 9.44. The number of carbonyl (C=O) groups excluding carboxylic acids is 2. The van der Waals surface area contributed by atoms with Gasteiger partial charge in [-0.05, 0) is 47.9 Å². The maximum absolute atomic E-state index is 12.5. The number of anilines is 2. The van der Waals surface area contributed by atoms with Crippen LogP contribution in [0.2, 0.25) is 0 Å². The zero-order valence-corrected chi connectivity index (χ0v) is 17.5. The summed E-state index contributed by atoms with van der Waals surface area (Å²) >= 11 is 0. The maximum Gasteiger partial charge on any atom is 0.251 e. The number of rotatable bonds is 6. The van der Waals surface area contributed by atoms with Crippen molar-refractivity contribution in [3.63, 3.8) is 0 Å². The Balaban J connectivity index is 1.66. The van der Waals surface area contributed by atoms with Gasteiger partial charge in [-0.25, -0.2) is 8.42 Å². The van der Waals surface area contributed by atoms with Crippen LogP contribution in [0.15, 0.2) is 42.5 Å². The highest BCUT2D eigenvalue weighted by Gasteiger charge is 2.26.